The van der Waals surface area contributed by atoms with Crippen LogP contribution in [0, 0.1) is 6.92 Å². The predicted molar refractivity (Wildman–Crippen MR) is 71.4 cm³/mol. The molecule has 2 aromatic rings. The number of carbonyl (C=O) groups excluding carboxylic acids is 2. The van der Waals surface area contributed by atoms with Crippen molar-refractivity contribution in [1.29, 1.82) is 0 Å². The van der Waals surface area contributed by atoms with Gasteiger partial charge in [0, 0.05) is 5.69 Å². The molecule has 0 fully saturated rings. The van der Waals surface area contributed by atoms with Gasteiger partial charge in [0.15, 0.2) is 0 Å². The second-order valence-corrected chi connectivity index (χ2v) is 4.31. The Kier molecular flexibility index (Phi) is 3.57. The molecule has 98 valence electrons. The van der Waals surface area contributed by atoms with Crippen molar-refractivity contribution in [3.63, 3.8) is 0 Å². The fourth-order valence-electron chi connectivity index (χ4n) is 1.61. The Bertz CT molecular complexity index is 649. The molecular formula is C13H11ClN2O3. The number of carbonyl (C=O) groups is 2. The minimum atomic E-state index is -0.652. The number of rotatable bonds is 3. The zero-order valence-electron chi connectivity index (χ0n) is 10.1. The van der Waals surface area contributed by atoms with Crippen LogP contribution in [0.15, 0.2) is 34.9 Å². The average molecular weight is 279 g/mol. The number of halogens is 1. The maximum atomic E-state index is 11.9. The lowest BCUT2D eigenvalue weighted by molar-refractivity contribution is 0.0996. The van der Waals surface area contributed by atoms with Crippen LogP contribution in [0.25, 0.3) is 0 Å². The number of furan rings is 1. The van der Waals surface area contributed by atoms with Gasteiger partial charge in [-0.25, -0.2) is 0 Å². The first kappa shape index (κ1) is 13.2. The van der Waals surface area contributed by atoms with Gasteiger partial charge in [0.25, 0.3) is 5.91 Å². The summed E-state index contributed by atoms with van der Waals surface area (Å²) in [7, 11) is 0. The van der Waals surface area contributed by atoms with Crippen LogP contribution in [0.1, 0.15) is 26.5 Å². The van der Waals surface area contributed by atoms with Crippen molar-refractivity contribution in [3.05, 3.63) is 52.4 Å². The quantitative estimate of drug-likeness (QED) is 0.905. The molecule has 1 aromatic heterocycles. The summed E-state index contributed by atoms with van der Waals surface area (Å²) in [5.74, 6) is -0.467. The van der Waals surface area contributed by atoms with Gasteiger partial charge in [-0.05, 0) is 31.2 Å². The highest BCUT2D eigenvalue weighted by atomic mass is 35.5. The molecule has 0 saturated heterocycles. The largest absolute Gasteiger partial charge is 0.469 e. The molecule has 0 saturated carbocycles. The lowest BCUT2D eigenvalue weighted by Crippen LogP contribution is -2.15. The lowest BCUT2D eigenvalue weighted by Gasteiger charge is -2.07. The van der Waals surface area contributed by atoms with Gasteiger partial charge in [-0.2, -0.15) is 0 Å². The Morgan fingerprint density at radius 1 is 1.26 bits per heavy atom. The van der Waals surface area contributed by atoms with E-state index in [1.54, 1.807) is 19.1 Å². The van der Waals surface area contributed by atoms with Gasteiger partial charge in [-0.1, -0.05) is 11.6 Å². The van der Waals surface area contributed by atoms with Gasteiger partial charge >= 0.3 is 0 Å². The van der Waals surface area contributed by atoms with Crippen molar-refractivity contribution in [3.8, 4) is 0 Å². The van der Waals surface area contributed by atoms with Crippen molar-refractivity contribution in [1.82, 2.24) is 0 Å². The molecule has 5 nitrogen and oxygen atoms in total. The van der Waals surface area contributed by atoms with E-state index >= 15 is 0 Å². The summed E-state index contributed by atoms with van der Waals surface area (Å²) in [6.07, 6.45) is 1.43. The van der Waals surface area contributed by atoms with E-state index in [0.717, 1.165) is 0 Å². The van der Waals surface area contributed by atoms with E-state index < -0.39 is 5.91 Å². The van der Waals surface area contributed by atoms with Crippen LogP contribution >= 0.6 is 11.6 Å². The number of hydrogen-bond acceptors (Lipinski definition) is 3. The summed E-state index contributed by atoms with van der Waals surface area (Å²) in [5.41, 5.74) is 6.20. The monoisotopic (exact) mass is 278 g/mol. The van der Waals surface area contributed by atoms with Gasteiger partial charge < -0.3 is 15.5 Å². The number of primary amides is 1. The van der Waals surface area contributed by atoms with Crippen LogP contribution in [-0.2, 0) is 0 Å². The molecule has 6 heteroatoms. The average Bonchev–Trinajstić information content (AvgIpc) is 2.77. The molecule has 0 atom stereocenters. The van der Waals surface area contributed by atoms with E-state index in [0.29, 0.717) is 17.0 Å². The first-order chi connectivity index (χ1) is 8.99. The molecule has 2 amide bonds. The molecule has 0 aliphatic carbocycles. The summed E-state index contributed by atoms with van der Waals surface area (Å²) in [4.78, 5) is 23.1. The smallest absolute Gasteiger partial charge is 0.259 e. The van der Waals surface area contributed by atoms with Crippen molar-refractivity contribution in [2.45, 2.75) is 6.92 Å². The molecule has 0 spiro atoms. The Balaban J connectivity index is 2.25. The maximum absolute atomic E-state index is 11.9. The molecule has 0 unspecified atom stereocenters. The van der Waals surface area contributed by atoms with Crippen LogP contribution in [-0.4, -0.2) is 11.8 Å². The van der Waals surface area contributed by atoms with Crippen LogP contribution < -0.4 is 11.1 Å². The van der Waals surface area contributed by atoms with Crippen molar-refractivity contribution >= 4 is 29.1 Å². The molecule has 2 rings (SSSR count). The number of benzene rings is 1. The van der Waals surface area contributed by atoms with Gasteiger partial charge in [-0.3, -0.25) is 9.59 Å². The molecule has 0 bridgehead atoms. The fraction of sp³-hybridized carbons (Fsp3) is 0.0769. The van der Waals surface area contributed by atoms with Gasteiger partial charge in [0.05, 0.1) is 22.4 Å². The zero-order valence-corrected chi connectivity index (χ0v) is 10.8. The number of hydrogen-bond donors (Lipinski definition) is 2. The summed E-state index contributed by atoms with van der Waals surface area (Å²) in [6, 6.07) is 6.08. The van der Waals surface area contributed by atoms with Crippen molar-refractivity contribution < 1.29 is 14.0 Å². The first-order valence-electron chi connectivity index (χ1n) is 5.44. The number of anilines is 1. The maximum Gasteiger partial charge on any atom is 0.259 e. The minimum Gasteiger partial charge on any atom is -0.469 e. The molecular weight excluding hydrogens is 268 g/mol. The van der Waals surface area contributed by atoms with Gasteiger partial charge in [0.1, 0.15) is 5.76 Å². The SMILES string of the molecule is Cc1occc1C(=O)Nc1ccc(Cl)c(C(N)=O)c1. The van der Waals surface area contributed by atoms with Gasteiger partial charge in [0.2, 0.25) is 5.91 Å². The topological polar surface area (TPSA) is 85.3 Å². The van der Waals surface area contributed by atoms with E-state index in [1.165, 1.54) is 18.4 Å². The summed E-state index contributed by atoms with van der Waals surface area (Å²) < 4.78 is 5.05. The fourth-order valence-corrected chi connectivity index (χ4v) is 1.82. The summed E-state index contributed by atoms with van der Waals surface area (Å²) >= 11 is 5.82. The Hall–Kier alpha value is -2.27. The molecule has 1 heterocycles. The number of nitrogens with two attached hydrogens (primary N) is 1. The standard InChI is InChI=1S/C13H11ClN2O3/c1-7-9(4-5-19-7)13(18)16-8-2-3-11(14)10(6-8)12(15)17/h2-6H,1H3,(H2,15,17)(H,16,18). The Labute approximate surface area is 114 Å². The van der Waals surface area contributed by atoms with Crippen LogP contribution in [0.5, 0.6) is 0 Å². The molecule has 19 heavy (non-hydrogen) atoms. The molecule has 0 aliphatic heterocycles. The lowest BCUT2D eigenvalue weighted by atomic mass is 10.1. The summed E-state index contributed by atoms with van der Waals surface area (Å²) in [6.45, 7) is 1.69. The second kappa shape index (κ2) is 5.16. The molecule has 1 aromatic carbocycles. The van der Waals surface area contributed by atoms with Crippen LogP contribution in [0.4, 0.5) is 5.69 Å². The van der Waals surface area contributed by atoms with E-state index in [-0.39, 0.29) is 16.5 Å². The highest BCUT2D eigenvalue weighted by Crippen LogP contribution is 2.21. The first-order valence-corrected chi connectivity index (χ1v) is 5.81. The summed E-state index contributed by atoms with van der Waals surface area (Å²) in [5, 5.41) is 2.88. The molecule has 3 N–H and O–H groups in total. The molecule has 0 aliphatic rings. The third-order valence-electron chi connectivity index (χ3n) is 2.59. The van der Waals surface area contributed by atoms with Crippen molar-refractivity contribution in [2.24, 2.45) is 5.73 Å². The number of amides is 2. The minimum absolute atomic E-state index is 0.156. The highest BCUT2D eigenvalue weighted by molar-refractivity contribution is 6.34. The second-order valence-electron chi connectivity index (χ2n) is 3.90. The third kappa shape index (κ3) is 2.77. The van der Waals surface area contributed by atoms with Crippen LogP contribution in [0.2, 0.25) is 5.02 Å². The third-order valence-corrected chi connectivity index (χ3v) is 2.92. The van der Waals surface area contributed by atoms with E-state index in [1.807, 2.05) is 0 Å². The van der Waals surface area contributed by atoms with Crippen LogP contribution in [0.3, 0.4) is 0 Å². The highest BCUT2D eigenvalue weighted by Gasteiger charge is 2.13. The normalized spacial score (nSPS) is 10.2. The molecule has 0 radical (unpaired) electrons. The van der Waals surface area contributed by atoms with E-state index in [4.69, 9.17) is 21.8 Å². The van der Waals surface area contributed by atoms with Crippen molar-refractivity contribution in [2.75, 3.05) is 5.32 Å². The Morgan fingerprint density at radius 2 is 2.00 bits per heavy atom. The predicted octanol–water partition coefficient (Wildman–Crippen LogP) is 2.59. The number of aryl methyl sites for hydroxylation is 1. The zero-order chi connectivity index (χ0) is 14.0. The number of nitrogens with one attached hydrogen (secondary N) is 1. The Morgan fingerprint density at radius 3 is 2.58 bits per heavy atom. The van der Waals surface area contributed by atoms with E-state index in [9.17, 15) is 9.59 Å². The van der Waals surface area contributed by atoms with Gasteiger partial charge in [-0.15, -0.1) is 0 Å². The van der Waals surface area contributed by atoms with E-state index in [2.05, 4.69) is 5.32 Å².